The first-order valence-electron chi connectivity index (χ1n) is 11.5. The second-order valence-electron chi connectivity index (χ2n) is 8.73. The van der Waals surface area contributed by atoms with Crippen molar-refractivity contribution in [2.24, 2.45) is 0 Å². The van der Waals surface area contributed by atoms with Crippen LogP contribution in [0.2, 0.25) is 0 Å². The van der Waals surface area contributed by atoms with Gasteiger partial charge in [0.2, 0.25) is 0 Å². The van der Waals surface area contributed by atoms with Crippen molar-refractivity contribution in [2.75, 3.05) is 0 Å². The second-order valence-corrected chi connectivity index (χ2v) is 8.73. The molecule has 1 aliphatic rings. The van der Waals surface area contributed by atoms with E-state index in [9.17, 15) is 4.39 Å². The van der Waals surface area contributed by atoms with Crippen molar-refractivity contribution in [2.45, 2.75) is 89.9 Å². The molecule has 0 saturated heterocycles. The Hall–Kier alpha value is -1.98. The van der Waals surface area contributed by atoms with E-state index in [4.69, 9.17) is 0 Å². The van der Waals surface area contributed by atoms with Crippen molar-refractivity contribution in [1.82, 2.24) is 0 Å². The molecule has 2 aromatic rings. The SMILES string of the molecule is CCCCC(CCCC)c1ccc2c(c1F)C(F)(F)C(F)(F)c1c-2ccc(CCC)c1F. The van der Waals surface area contributed by atoms with Crippen molar-refractivity contribution in [3.63, 3.8) is 0 Å². The minimum absolute atomic E-state index is 0.0403. The molecule has 0 nitrogen and oxygen atoms in total. The molecule has 0 saturated carbocycles. The Bertz CT molecular complexity index is 955. The van der Waals surface area contributed by atoms with Crippen molar-refractivity contribution < 1.29 is 26.3 Å². The normalized spacial score (nSPS) is 16.2. The molecule has 176 valence electrons. The molecule has 0 bridgehead atoms. The Morgan fingerprint density at radius 1 is 0.688 bits per heavy atom. The van der Waals surface area contributed by atoms with Gasteiger partial charge < -0.3 is 0 Å². The standard InChI is InChI=1S/C26H30F6/c1-4-7-10-16(11-8-5-2)18-14-15-20-19-13-12-17(9-6-3)23(27)21(19)25(29,30)26(31,32)22(20)24(18)28/h12-16H,4-11H2,1-3H3. The fourth-order valence-electron chi connectivity index (χ4n) is 4.72. The fraction of sp³-hybridized carbons (Fsp3) is 0.538. The van der Waals surface area contributed by atoms with Crippen molar-refractivity contribution in [3.8, 4) is 11.1 Å². The molecule has 0 aliphatic heterocycles. The number of halogens is 6. The molecule has 0 atom stereocenters. The largest absolute Gasteiger partial charge is 0.343 e. The molecule has 0 N–H and O–H groups in total. The van der Waals surface area contributed by atoms with Gasteiger partial charge in [-0.25, -0.2) is 8.78 Å². The summed E-state index contributed by atoms with van der Waals surface area (Å²) >= 11 is 0. The van der Waals surface area contributed by atoms with Gasteiger partial charge in [0.05, 0.1) is 11.1 Å². The maximum atomic E-state index is 15.6. The molecule has 0 radical (unpaired) electrons. The lowest BCUT2D eigenvalue weighted by molar-refractivity contribution is -0.227. The average Bonchev–Trinajstić information content (AvgIpc) is 2.74. The highest BCUT2D eigenvalue weighted by Gasteiger charge is 2.65. The van der Waals surface area contributed by atoms with E-state index in [1.54, 1.807) is 6.92 Å². The Morgan fingerprint density at radius 2 is 1.19 bits per heavy atom. The van der Waals surface area contributed by atoms with E-state index >= 15 is 22.0 Å². The highest BCUT2D eigenvalue weighted by atomic mass is 19.3. The summed E-state index contributed by atoms with van der Waals surface area (Å²) in [7, 11) is 0. The van der Waals surface area contributed by atoms with Gasteiger partial charge in [0, 0.05) is 0 Å². The van der Waals surface area contributed by atoms with Crippen molar-refractivity contribution in [3.05, 3.63) is 58.2 Å². The number of fused-ring (bicyclic) bond motifs is 3. The number of hydrogen-bond donors (Lipinski definition) is 0. The maximum Gasteiger partial charge on any atom is 0.343 e. The number of unbranched alkanes of at least 4 members (excludes halogenated alkanes) is 2. The third kappa shape index (κ3) is 3.94. The van der Waals surface area contributed by atoms with Crippen LogP contribution in [0.5, 0.6) is 0 Å². The monoisotopic (exact) mass is 456 g/mol. The Kier molecular flexibility index (Phi) is 7.31. The molecule has 0 fully saturated rings. The summed E-state index contributed by atoms with van der Waals surface area (Å²) in [5, 5.41) is 0. The van der Waals surface area contributed by atoms with Gasteiger partial charge in [0.15, 0.2) is 0 Å². The van der Waals surface area contributed by atoms with Crippen molar-refractivity contribution in [1.29, 1.82) is 0 Å². The second kappa shape index (κ2) is 9.48. The molecule has 3 rings (SSSR count). The van der Waals surface area contributed by atoms with E-state index in [1.165, 1.54) is 24.3 Å². The van der Waals surface area contributed by atoms with Gasteiger partial charge in [-0.05, 0) is 47.4 Å². The van der Waals surface area contributed by atoms with Crippen LogP contribution in [0.1, 0.15) is 93.9 Å². The van der Waals surface area contributed by atoms with E-state index in [0.717, 1.165) is 25.7 Å². The zero-order valence-electron chi connectivity index (χ0n) is 18.8. The zero-order valence-corrected chi connectivity index (χ0v) is 18.8. The van der Waals surface area contributed by atoms with Crippen LogP contribution >= 0.6 is 0 Å². The molecule has 0 amide bonds. The molecule has 0 unspecified atom stereocenters. The lowest BCUT2D eigenvalue weighted by Gasteiger charge is -2.36. The van der Waals surface area contributed by atoms with Gasteiger partial charge in [-0.1, -0.05) is 77.1 Å². The van der Waals surface area contributed by atoms with Gasteiger partial charge in [-0.2, -0.15) is 17.6 Å². The molecular weight excluding hydrogens is 426 g/mol. The Morgan fingerprint density at radius 3 is 1.69 bits per heavy atom. The number of rotatable bonds is 9. The summed E-state index contributed by atoms with van der Waals surface area (Å²) in [6.45, 7) is 5.70. The van der Waals surface area contributed by atoms with Gasteiger partial charge >= 0.3 is 11.8 Å². The number of aryl methyl sites for hydroxylation is 1. The van der Waals surface area contributed by atoms with E-state index < -0.39 is 34.6 Å². The van der Waals surface area contributed by atoms with Gasteiger partial charge in [-0.15, -0.1) is 0 Å². The van der Waals surface area contributed by atoms with E-state index in [2.05, 4.69) is 0 Å². The highest BCUT2D eigenvalue weighted by molar-refractivity contribution is 5.77. The van der Waals surface area contributed by atoms with Crippen molar-refractivity contribution >= 4 is 0 Å². The fourth-order valence-corrected chi connectivity index (χ4v) is 4.72. The number of hydrogen-bond acceptors (Lipinski definition) is 0. The minimum atomic E-state index is -4.86. The first-order chi connectivity index (χ1) is 15.1. The highest BCUT2D eigenvalue weighted by Crippen LogP contribution is 2.60. The molecule has 0 heterocycles. The zero-order chi connectivity index (χ0) is 23.7. The summed E-state index contributed by atoms with van der Waals surface area (Å²) in [5.41, 5.74) is -3.36. The van der Waals surface area contributed by atoms with Crippen LogP contribution < -0.4 is 0 Å². The molecule has 6 heteroatoms. The summed E-state index contributed by atoms with van der Waals surface area (Å²) < 4.78 is 91.1. The lowest BCUT2D eigenvalue weighted by atomic mass is 9.76. The molecule has 32 heavy (non-hydrogen) atoms. The van der Waals surface area contributed by atoms with Gasteiger partial charge in [-0.3, -0.25) is 0 Å². The molecule has 2 aromatic carbocycles. The Labute approximate surface area is 186 Å². The minimum Gasteiger partial charge on any atom is -0.206 e. The number of benzene rings is 2. The first-order valence-corrected chi connectivity index (χ1v) is 11.5. The van der Waals surface area contributed by atoms with Crippen LogP contribution in [-0.2, 0) is 18.3 Å². The van der Waals surface area contributed by atoms with E-state index in [0.29, 0.717) is 19.3 Å². The van der Waals surface area contributed by atoms with Crippen LogP contribution in [-0.4, -0.2) is 0 Å². The van der Waals surface area contributed by atoms with Crippen LogP contribution in [0, 0.1) is 11.6 Å². The maximum absolute atomic E-state index is 15.6. The molecular formula is C26H30F6. The first kappa shape index (κ1) is 24.7. The third-order valence-electron chi connectivity index (χ3n) is 6.48. The molecule has 1 aliphatic carbocycles. The average molecular weight is 457 g/mol. The van der Waals surface area contributed by atoms with Crippen LogP contribution in [0.15, 0.2) is 24.3 Å². The Balaban J connectivity index is 2.24. The summed E-state index contributed by atoms with van der Waals surface area (Å²) in [4.78, 5) is 0. The smallest absolute Gasteiger partial charge is 0.206 e. The summed E-state index contributed by atoms with van der Waals surface area (Å²) in [5.74, 6) is -12.7. The lowest BCUT2D eigenvalue weighted by Crippen LogP contribution is -2.41. The topological polar surface area (TPSA) is 0 Å². The molecule has 0 aromatic heterocycles. The third-order valence-corrected chi connectivity index (χ3v) is 6.48. The van der Waals surface area contributed by atoms with Crippen LogP contribution in [0.25, 0.3) is 11.1 Å². The van der Waals surface area contributed by atoms with Crippen LogP contribution in [0.3, 0.4) is 0 Å². The summed E-state index contributed by atoms with van der Waals surface area (Å²) in [6, 6.07) is 5.24. The van der Waals surface area contributed by atoms with Crippen LogP contribution in [0.4, 0.5) is 26.3 Å². The van der Waals surface area contributed by atoms with E-state index in [-0.39, 0.29) is 34.6 Å². The predicted octanol–water partition coefficient (Wildman–Crippen LogP) is 9.25. The van der Waals surface area contributed by atoms with Gasteiger partial charge in [0.1, 0.15) is 11.6 Å². The van der Waals surface area contributed by atoms with Gasteiger partial charge in [0.25, 0.3) is 0 Å². The quantitative estimate of drug-likeness (QED) is 0.330. The number of alkyl halides is 4. The predicted molar refractivity (Wildman–Crippen MR) is 115 cm³/mol. The van der Waals surface area contributed by atoms with E-state index in [1.807, 2.05) is 13.8 Å². The molecule has 0 spiro atoms. The summed E-state index contributed by atoms with van der Waals surface area (Å²) in [6.07, 6.45) is 5.10.